The average Bonchev–Trinajstić information content (AvgIpc) is 2.50. The topological polar surface area (TPSA) is 58.2 Å². The molecule has 0 unspecified atom stereocenters. The highest BCUT2D eigenvalue weighted by Crippen LogP contribution is 2.23. The van der Waals surface area contributed by atoms with Crippen LogP contribution < -0.4 is 10.6 Å². The molecule has 1 aromatic rings. The zero-order valence-electron chi connectivity index (χ0n) is 12.6. The van der Waals surface area contributed by atoms with E-state index in [4.69, 9.17) is 0 Å². The Morgan fingerprint density at radius 2 is 1.81 bits per heavy atom. The van der Waals surface area contributed by atoms with Crippen molar-refractivity contribution >= 4 is 11.8 Å². The summed E-state index contributed by atoms with van der Waals surface area (Å²) in [5.74, 6) is -0.565. The second-order valence-corrected chi connectivity index (χ2v) is 5.83. The highest BCUT2D eigenvalue weighted by atomic mass is 16.2. The molecule has 0 radical (unpaired) electrons. The normalized spacial score (nSPS) is 21.6. The van der Waals surface area contributed by atoms with Crippen LogP contribution in [0.4, 0.5) is 0 Å². The molecule has 2 rings (SSSR count). The fourth-order valence-electron chi connectivity index (χ4n) is 2.81. The molecule has 114 valence electrons. The Hall–Kier alpha value is -1.84. The van der Waals surface area contributed by atoms with Gasteiger partial charge in [-0.05, 0) is 30.7 Å². The van der Waals surface area contributed by atoms with E-state index in [0.717, 1.165) is 31.2 Å². The maximum absolute atomic E-state index is 11.9. The quantitative estimate of drug-likeness (QED) is 0.833. The van der Waals surface area contributed by atoms with Gasteiger partial charge >= 0.3 is 11.8 Å². The van der Waals surface area contributed by atoms with Crippen LogP contribution >= 0.6 is 0 Å². The Morgan fingerprint density at radius 1 is 1.10 bits per heavy atom. The van der Waals surface area contributed by atoms with E-state index in [0.29, 0.717) is 12.5 Å². The number of nitrogens with one attached hydrogen (secondary N) is 2. The van der Waals surface area contributed by atoms with Crippen molar-refractivity contribution in [2.75, 3.05) is 6.54 Å². The van der Waals surface area contributed by atoms with Crippen molar-refractivity contribution in [1.82, 2.24) is 10.6 Å². The maximum atomic E-state index is 11.9. The highest BCUT2D eigenvalue weighted by molar-refractivity contribution is 6.35. The molecule has 1 aliphatic carbocycles. The standard InChI is InChI=1S/C17H24N2O2/c1-13-7-5-6-10-15(13)19-17(21)16(20)18-12-11-14-8-3-2-4-9-14/h2-4,8-9,13,15H,5-7,10-12H2,1H3,(H,18,20)(H,19,21)/t13-,15+/m0/s1. The van der Waals surface area contributed by atoms with Crippen LogP contribution in [0.25, 0.3) is 0 Å². The number of benzene rings is 1. The van der Waals surface area contributed by atoms with Gasteiger partial charge in [-0.2, -0.15) is 0 Å². The van der Waals surface area contributed by atoms with E-state index in [9.17, 15) is 9.59 Å². The Morgan fingerprint density at radius 3 is 2.52 bits per heavy atom. The van der Waals surface area contributed by atoms with Gasteiger partial charge in [0.1, 0.15) is 0 Å². The Bertz CT molecular complexity index is 473. The number of amides is 2. The molecule has 0 heterocycles. The van der Waals surface area contributed by atoms with Crippen molar-refractivity contribution in [3.63, 3.8) is 0 Å². The molecule has 0 saturated heterocycles. The number of rotatable bonds is 4. The summed E-state index contributed by atoms with van der Waals surface area (Å²) in [5.41, 5.74) is 1.15. The van der Waals surface area contributed by atoms with E-state index in [2.05, 4.69) is 17.6 Å². The van der Waals surface area contributed by atoms with Crippen molar-refractivity contribution in [3.8, 4) is 0 Å². The molecule has 21 heavy (non-hydrogen) atoms. The first-order valence-electron chi connectivity index (χ1n) is 7.79. The summed E-state index contributed by atoms with van der Waals surface area (Å²) in [7, 11) is 0. The maximum Gasteiger partial charge on any atom is 0.309 e. The summed E-state index contributed by atoms with van der Waals surface area (Å²) in [6.07, 6.45) is 5.19. The largest absolute Gasteiger partial charge is 0.348 e. The molecule has 2 N–H and O–H groups in total. The van der Waals surface area contributed by atoms with Crippen LogP contribution in [0.5, 0.6) is 0 Å². The smallest absolute Gasteiger partial charge is 0.309 e. The molecule has 0 spiro atoms. The summed E-state index contributed by atoms with van der Waals surface area (Å²) in [4.78, 5) is 23.7. The minimum atomic E-state index is -0.524. The van der Waals surface area contributed by atoms with Crippen LogP contribution in [0.15, 0.2) is 30.3 Å². The van der Waals surface area contributed by atoms with Crippen LogP contribution in [-0.2, 0) is 16.0 Å². The number of carbonyl (C=O) groups excluding carboxylic acids is 2. The van der Waals surface area contributed by atoms with Crippen molar-refractivity contribution < 1.29 is 9.59 Å². The first kappa shape index (κ1) is 15.5. The fourth-order valence-corrected chi connectivity index (χ4v) is 2.81. The third kappa shape index (κ3) is 4.88. The van der Waals surface area contributed by atoms with Gasteiger partial charge in [0.05, 0.1) is 0 Å². The molecule has 1 saturated carbocycles. The minimum absolute atomic E-state index is 0.145. The lowest BCUT2D eigenvalue weighted by Crippen LogP contribution is -2.48. The molecule has 0 bridgehead atoms. The number of hydrogen-bond donors (Lipinski definition) is 2. The van der Waals surface area contributed by atoms with Crippen LogP contribution in [0.3, 0.4) is 0 Å². The lowest BCUT2D eigenvalue weighted by atomic mass is 9.86. The van der Waals surface area contributed by atoms with Gasteiger partial charge in [-0.25, -0.2) is 0 Å². The second-order valence-electron chi connectivity index (χ2n) is 5.83. The third-order valence-electron chi connectivity index (χ3n) is 4.18. The van der Waals surface area contributed by atoms with Crippen LogP contribution in [0.2, 0.25) is 0 Å². The first-order chi connectivity index (χ1) is 10.2. The van der Waals surface area contributed by atoms with Crippen LogP contribution in [0.1, 0.15) is 38.2 Å². The van der Waals surface area contributed by atoms with Gasteiger partial charge in [0.15, 0.2) is 0 Å². The molecular weight excluding hydrogens is 264 g/mol. The summed E-state index contributed by atoms with van der Waals surface area (Å²) in [6, 6.07) is 10.1. The molecule has 0 aliphatic heterocycles. The van der Waals surface area contributed by atoms with E-state index in [1.165, 1.54) is 6.42 Å². The van der Waals surface area contributed by atoms with Crippen molar-refractivity contribution in [1.29, 1.82) is 0 Å². The summed E-state index contributed by atoms with van der Waals surface area (Å²) >= 11 is 0. The Kier molecular flexibility index (Phi) is 5.78. The third-order valence-corrected chi connectivity index (χ3v) is 4.18. The highest BCUT2D eigenvalue weighted by Gasteiger charge is 2.25. The van der Waals surface area contributed by atoms with Gasteiger partial charge < -0.3 is 10.6 Å². The molecule has 4 heteroatoms. The van der Waals surface area contributed by atoms with E-state index in [1.807, 2.05) is 30.3 Å². The van der Waals surface area contributed by atoms with Gasteiger partial charge in [-0.1, -0.05) is 50.1 Å². The molecule has 4 nitrogen and oxygen atoms in total. The van der Waals surface area contributed by atoms with Crippen LogP contribution in [-0.4, -0.2) is 24.4 Å². The molecule has 1 aliphatic rings. The molecule has 2 amide bonds. The van der Waals surface area contributed by atoms with Crippen molar-refractivity contribution in [3.05, 3.63) is 35.9 Å². The molecule has 0 aromatic heterocycles. The van der Waals surface area contributed by atoms with Gasteiger partial charge in [0.2, 0.25) is 0 Å². The van der Waals surface area contributed by atoms with Crippen LogP contribution in [0, 0.1) is 5.92 Å². The predicted molar refractivity (Wildman–Crippen MR) is 82.7 cm³/mol. The second kappa shape index (κ2) is 7.81. The van der Waals surface area contributed by atoms with Gasteiger partial charge in [-0.15, -0.1) is 0 Å². The summed E-state index contributed by atoms with van der Waals surface area (Å²) < 4.78 is 0. The van der Waals surface area contributed by atoms with E-state index in [1.54, 1.807) is 0 Å². The lowest BCUT2D eigenvalue weighted by molar-refractivity contribution is -0.139. The van der Waals surface area contributed by atoms with Gasteiger partial charge in [0, 0.05) is 12.6 Å². The average molecular weight is 288 g/mol. The Balaban J connectivity index is 1.71. The summed E-state index contributed by atoms with van der Waals surface area (Å²) in [6.45, 7) is 2.62. The van der Waals surface area contributed by atoms with Crippen molar-refractivity contribution in [2.45, 2.75) is 45.1 Å². The zero-order chi connectivity index (χ0) is 15.1. The first-order valence-corrected chi connectivity index (χ1v) is 7.79. The Labute approximate surface area is 126 Å². The van der Waals surface area contributed by atoms with Gasteiger partial charge in [0.25, 0.3) is 0 Å². The number of carbonyl (C=O) groups is 2. The monoisotopic (exact) mass is 288 g/mol. The zero-order valence-corrected chi connectivity index (χ0v) is 12.6. The number of hydrogen-bond acceptors (Lipinski definition) is 2. The molecule has 2 atom stereocenters. The van der Waals surface area contributed by atoms with Gasteiger partial charge in [-0.3, -0.25) is 9.59 Å². The molecule has 1 fully saturated rings. The van der Waals surface area contributed by atoms with E-state index in [-0.39, 0.29) is 6.04 Å². The minimum Gasteiger partial charge on any atom is -0.348 e. The van der Waals surface area contributed by atoms with Crippen molar-refractivity contribution in [2.24, 2.45) is 5.92 Å². The van der Waals surface area contributed by atoms with E-state index < -0.39 is 11.8 Å². The summed E-state index contributed by atoms with van der Waals surface area (Å²) in [5, 5.41) is 5.55. The van der Waals surface area contributed by atoms with E-state index >= 15 is 0 Å². The lowest BCUT2D eigenvalue weighted by Gasteiger charge is -2.29. The molecule has 1 aromatic carbocycles. The predicted octanol–water partition coefficient (Wildman–Crippen LogP) is 2.04. The fraction of sp³-hybridized carbons (Fsp3) is 0.529. The SMILES string of the molecule is C[C@H]1CCCC[C@H]1NC(=O)C(=O)NCCc1ccccc1. The molecular formula is C17H24N2O2.